The third-order valence-electron chi connectivity index (χ3n) is 4.81. The van der Waals surface area contributed by atoms with E-state index in [-0.39, 0.29) is 5.91 Å². The Morgan fingerprint density at radius 2 is 2.14 bits per heavy atom. The molecule has 0 aromatic heterocycles. The molecule has 2 bridgehead atoms. The number of benzene rings is 1. The van der Waals surface area contributed by atoms with Gasteiger partial charge in [0.2, 0.25) is 0 Å². The Kier molecular flexibility index (Phi) is 4.00. The first-order valence-electron chi connectivity index (χ1n) is 7.98. The Balaban J connectivity index is 1.65. The molecule has 2 aliphatic carbocycles. The number of hydrogen-bond donors (Lipinski definition) is 2. The Morgan fingerprint density at radius 1 is 1.29 bits per heavy atom. The van der Waals surface area contributed by atoms with E-state index < -0.39 is 0 Å². The highest BCUT2D eigenvalue weighted by Gasteiger charge is 2.35. The second kappa shape index (κ2) is 5.92. The van der Waals surface area contributed by atoms with E-state index in [1.54, 1.807) is 0 Å². The number of rotatable bonds is 5. The molecule has 21 heavy (non-hydrogen) atoms. The lowest BCUT2D eigenvalue weighted by atomic mass is 9.93. The lowest BCUT2D eigenvalue weighted by Crippen LogP contribution is -2.23. The van der Waals surface area contributed by atoms with Crippen LogP contribution in [0.4, 0.5) is 5.69 Å². The van der Waals surface area contributed by atoms with Crippen LogP contribution in [0.3, 0.4) is 0 Å². The van der Waals surface area contributed by atoms with Gasteiger partial charge in [0.1, 0.15) is 0 Å². The van der Waals surface area contributed by atoms with Crippen LogP contribution in [0.25, 0.3) is 0 Å². The summed E-state index contributed by atoms with van der Waals surface area (Å²) >= 11 is 0. The number of carbonyl (C=O) groups is 1. The van der Waals surface area contributed by atoms with Crippen LogP contribution < -0.4 is 10.6 Å². The van der Waals surface area contributed by atoms with E-state index in [0.29, 0.717) is 6.54 Å². The Labute approximate surface area is 126 Å². The van der Waals surface area contributed by atoms with Crippen molar-refractivity contribution in [2.75, 3.05) is 18.4 Å². The van der Waals surface area contributed by atoms with E-state index in [1.165, 1.54) is 18.4 Å². The zero-order valence-corrected chi connectivity index (χ0v) is 12.9. The highest BCUT2D eigenvalue weighted by molar-refractivity contribution is 5.95. The van der Waals surface area contributed by atoms with Crippen LogP contribution in [0, 0.1) is 24.7 Å². The van der Waals surface area contributed by atoms with Crippen LogP contribution in [0.5, 0.6) is 0 Å². The summed E-state index contributed by atoms with van der Waals surface area (Å²) in [6.45, 7) is 5.69. The number of carbonyl (C=O) groups excluding carboxylic acids is 1. The molecule has 0 heterocycles. The van der Waals surface area contributed by atoms with E-state index in [4.69, 9.17) is 0 Å². The first-order valence-corrected chi connectivity index (χ1v) is 7.98. The van der Waals surface area contributed by atoms with E-state index in [0.717, 1.165) is 35.5 Å². The van der Waals surface area contributed by atoms with Crippen molar-refractivity contribution in [2.45, 2.75) is 26.7 Å². The average Bonchev–Trinajstić information content (AvgIpc) is 3.09. The summed E-state index contributed by atoms with van der Waals surface area (Å²) in [5, 5.41) is 6.42. The molecule has 0 spiro atoms. The van der Waals surface area contributed by atoms with Crippen LogP contribution in [-0.4, -0.2) is 19.0 Å². The van der Waals surface area contributed by atoms with E-state index >= 15 is 0 Å². The van der Waals surface area contributed by atoms with Crippen molar-refractivity contribution in [3.05, 3.63) is 41.5 Å². The van der Waals surface area contributed by atoms with Gasteiger partial charge in [-0.25, -0.2) is 0 Å². The molecule has 3 atom stereocenters. The molecular formula is C18H24N2O. The first kappa shape index (κ1) is 14.2. The van der Waals surface area contributed by atoms with Crippen LogP contribution in [0.2, 0.25) is 0 Å². The van der Waals surface area contributed by atoms with E-state index in [1.807, 2.05) is 25.1 Å². The number of fused-ring (bicyclic) bond motifs is 2. The van der Waals surface area contributed by atoms with Gasteiger partial charge in [0, 0.05) is 24.3 Å². The number of allylic oxidation sites excluding steroid dienone is 2. The third-order valence-corrected chi connectivity index (χ3v) is 4.81. The maximum atomic E-state index is 11.9. The summed E-state index contributed by atoms with van der Waals surface area (Å²) in [7, 11) is 0. The zero-order chi connectivity index (χ0) is 14.8. The van der Waals surface area contributed by atoms with Crippen molar-refractivity contribution in [1.82, 2.24) is 5.32 Å². The van der Waals surface area contributed by atoms with E-state index in [2.05, 4.69) is 29.7 Å². The number of amides is 1. The fraction of sp³-hybridized carbons (Fsp3) is 0.500. The van der Waals surface area contributed by atoms with Gasteiger partial charge in [-0.15, -0.1) is 0 Å². The predicted octanol–water partition coefficient (Wildman–Crippen LogP) is 3.37. The number of hydrogen-bond acceptors (Lipinski definition) is 2. The van der Waals surface area contributed by atoms with Crippen LogP contribution in [0.15, 0.2) is 30.4 Å². The zero-order valence-electron chi connectivity index (χ0n) is 12.9. The molecule has 112 valence electrons. The highest BCUT2D eigenvalue weighted by Crippen LogP contribution is 2.43. The van der Waals surface area contributed by atoms with Gasteiger partial charge >= 0.3 is 0 Å². The SMILES string of the molecule is CCNC(=O)c1ccc(C)c(NCC2CC3C=CC2C3)c1. The molecule has 3 unspecified atom stereocenters. The summed E-state index contributed by atoms with van der Waals surface area (Å²) in [5.74, 6) is 2.31. The molecule has 1 saturated carbocycles. The maximum absolute atomic E-state index is 11.9. The summed E-state index contributed by atoms with van der Waals surface area (Å²) in [6.07, 6.45) is 7.41. The van der Waals surface area contributed by atoms with Gasteiger partial charge in [0.05, 0.1) is 0 Å². The topological polar surface area (TPSA) is 41.1 Å². The minimum absolute atomic E-state index is 0.00315. The lowest BCUT2D eigenvalue weighted by Gasteiger charge is -2.20. The molecule has 0 aliphatic heterocycles. The molecule has 3 heteroatoms. The quantitative estimate of drug-likeness (QED) is 0.814. The number of aryl methyl sites for hydroxylation is 1. The van der Waals surface area contributed by atoms with E-state index in [9.17, 15) is 4.79 Å². The van der Waals surface area contributed by atoms with Crippen LogP contribution in [0.1, 0.15) is 35.7 Å². The predicted molar refractivity (Wildman–Crippen MR) is 86.5 cm³/mol. The van der Waals surface area contributed by atoms with Gasteiger partial charge in [-0.3, -0.25) is 4.79 Å². The van der Waals surface area contributed by atoms with Gasteiger partial charge in [-0.1, -0.05) is 18.2 Å². The van der Waals surface area contributed by atoms with Gasteiger partial charge in [-0.05, 0) is 62.1 Å². The standard InChI is InChI=1S/C18H24N2O/c1-3-19-18(21)15-6-4-12(2)17(10-15)20-11-16-9-13-5-7-14(16)8-13/h4-7,10,13-14,16,20H,3,8-9,11H2,1-2H3,(H,19,21). The molecule has 2 N–H and O–H groups in total. The molecule has 3 rings (SSSR count). The normalized spacial score (nSPS) is 26.1. The second-order valence-corrected chi connectivity index (χ2v) is 6.31. The molecule has 1 aromatic rings. The van der Waals surface area contributed by atoms with Gasteiger partial charge in [-0.2, -0.15) is 0 Å². The van der Waals surface area contributed by atoms with Crippen molar-refractivity contribution < 1.29 is 4.79 Å². The Morgan fingerprint density at radius 3 is 2.81 bits per heavy atom. The molecule has 3 nitrogen and oxygen atoms in total. The minimum atomic E-state index is 0.00315. The Hall–Kier alpha value is -1.77. The maximum Gasteiger partial charge on any atom is 0.251 e. The van der Waals surface area contributed by atoms with Crippen LogP contribution in [-0.2, 0) is 0 Å². The number of nitrogens with one attached hydrogen (secondary N) is 2. The lowest BCUT2D eigenvalue weighted by molar-refractivity contribution is 0.0956. The molecule has 1 fully saturated rings. The molecule has 0 radical (unpaired) electrons. The van der Waals surface area contributed by atoms with Crippen molar-refractivity contribution in [2.24, 2.45) is 17.8 Å². The summed E-state index contributed by atoms with van der Waals surface area (Å²) < 4.78 is 0. The third kappa shape index (κ3) is 2.97. The van der Waals surface area contributed by atoms with Gasteiger partial charge in [0.15, 0.2) is 0 Å². The molecule has 1 aromatic carbocycles. The molecule has 2 aliphatic rings. The van der Waals surface area contributed by atoms with Crippen molar-refractivity contribution in [3.63, 3.8) is 0 Å². The fourth-order valence-corrected chi connectivity index (χ4v) is 3.59. The largest absolute Gasteiger partial charge is 0.385 e. The van der Waals surface area contributed by atoms with Crippen molar-refractivity contribution in [3.8, 4) is 0 Å². The van der Waals surface area contributed by atoms with Crippen molar-refractivity contribution >= 4 is 11.6 Å². The van der Waals surface area contributed by atoms with Crippen LogP contribution >= 0.6 is 0 Å². The fourth-order valence-electron chi connectivity index (χ4n) is 3.59. The molecular weight excluding hydrogens is 260 g/mol. The number of anilines is 1. The summed E-state index contributed by atoms with van der Waals surface area (Å²) in [4.78, 5) is 11.9. The summed E-state index contributed by atoms with van der Waals surface area (Å²) in [6, 6.07) is 5.89. The van der Waals surface area contributed by atoms with Crippen molar-refractivity contribution in [1.29, 1.82) is 0 Å². The summed E-state index contributed by atoms with van der Waals surface area (Å²) in [5.41, 5.74) is 3.02. The molecule has 1 amide bonds. The average molecular weight is 284 g/mol. The first-order chi connectivity index (χ1) is 10.2. The minimum Gasteiger partial charge on any atom is -0.385 e. The monoisotopic (exact) mass is 284 g/mol. The second-order valence-electron chi connectivity index (χ2n) is 6.31. The smallest absolute Gasteiger partial charge is 0.251 e. The van der Waals surface area contributed by atoms with Gasteiger partial charge < -0.3 is 10.6 Å². The highest BCUT2D eigenvalue weighted by atomic mass is 16.1. The Bertz CT molecular complexity index is 564. The molecule has 0 saturated heterocycles. The van der Waals surface area contributed by atoms with Gasteiger partial charge in [0.25, 0.3) is 5.91 Å².